The molecule has 0 aliphatic carbocycles. The number of β-amino-alcohol motifs (C(OH)–C–C–N with tert-alkyl or cyclic N) is 1. The first-order chi connectivity index (χ1) is 12.2. The predicted molar refractivity (Wildman–Crippen MR) is 97.5 cm³/mol. The Balaban J connectivity index is 1.42. The molecule has 0 aromatic heterocycles. The maximum atomic E-state index is 10.3. The zero-order valence-corrected chi connectivity index (χ0v) is 14.3. The molecule has 2 aromatic rings. The second-order valence-corrected chi connectivity index (χ2v) is 6.60. The zero-order chi connectivity index (χ0) is 17.5. The van der Waals surface area contributed by atoms with Crippen molar-refractivity contribution in [3.05, 3.63) is 65.7 Å². The molecule has 0 saturated carbocycles. The summed E-state index contributed by atoms with van der Waals surface area (Å²) in [5.41, 5.74) is 2.35. The van der Waals surface area contributed by atoms with Crippen molar-refractivity contribution in [2.75, 3.05) is 26.2 Å². The van der Waals surface area contributed by atoms with E-state index >= 15 is 0 Å². The molecular weight excluding hydrogens is 312 g/mol. The van der Waals surface area contributed by atoms with Gasteiger partial charge < -0.3 is 14.7 Å². The minimum atomic E-state index is -0.506. The number of nitriles is 1. The SMILES string of the molecule is N#CCc1ccc(OC[C@H](O)CN2CC[C@H](c3ccccc3)C2)cc1. The molecule has 2 atom stereocenters. The molecule has 3 rings (SSSR count). The van der Waals surface area contributed by atoms with Crippen LogP contribution in [0.3, 0.4) is 0 Å². The Bertz CT molecular complexity index is 694. The highest BCUT2D eigenvalue weighted by Crippen LogP contribution is 2.26. The van der Waals surface area contributed by atoms with Crippen molar-refractivity contribution in [3.8, 4) is 11.8 Å². The molecule has 0 spiro atoms. The van der Waals surface area contributed by atoms with Crippen molar-refractivity contribution in [1.82, 2.24) is 4.90 Å². The maximum Gasteiger partial charge on any atom is 0.119 e. The van der Waals surface area contributed by atoms with Crippen molar-refractivity contribution in [3.63, 3.8) is 0 Å². The van der Waals surface area contributed by atoms with E-state index in [1.807, 2.05) is 30.3 Å². The molecule has 25 heavy (non-hydrogen) atoms. The molecule has 2 aromatic carbocycles. The van der Waals surface area contributed by atoms with Crippen LogP contribution in [-0.2, 0) is 6.42 Å². The van der Waals surface area contributed by atoms with E-state index < -0.39 is 6.10 Å². The van der Waals surface area contributed by atoms with Crippen LogP contribution in [0, 0.1) is 11.3 Å². The van der Waals surface area contributed by atoms with E-state index in [0.29, 0.717) is 18.9 Å². The predicted octanol–water partition coefficient (Wildman–Crippen LogP) is 2.98. The molecule has 1 saturated heterocycles. The molecule has 1 heterocycles. The van der Waals surface area contributed by atoms with Crippen LogP contribution in [0.25, 0.3) is 0 Å². The molecule has 1 aliphatic heterocycles. The third kappa shape index (κ3) is 5.06. The Hall–Kier alpha value is -2.35. The highest BCUT2D eigenvalue weighted by molar-refractivity contribution is 5.28. The number of nitrogens with zero attached hydrogens (tertiary/aromatic N) is 2. The molecule has 1 fully saturated rings. The van der Waals surface area contributed by atoms with Crippen molar-refractivity contribution in [1.29, 1.82) is 5.26 Å². The quantitative estimate of drug-likeness (QED) is 0.844. The third-order valence-electron chi connectivity index (χ3n) is 4.66. The number of hydrogen-bond donors (Lipinski definition) is 1. The van der Waals surface area contributed by atoms with Gasteiger partial charge in [0.15, 0.2) is 0 Å². The largest absolute Gasteiger partial charge is 0.491 e. The molecule has 130 valence electrons. The lowest BCUT2D eigenvalue weighted by atomic mass is 9.99. The van der Waals surface area contributed by atoms with Crippen LogP contribution in [-0.4, -0.2) is 42.4 Å². The number of hydrogen-bond acceptors (Lipinski definition) is 4. The summed E-state index contributed by atoms with van der Waals surface area (Å²) in [5.74, 6) is 1.28. The average molecular weight is 336 g/mol. The lowest BCUT2D eigenvalue weighted by Gasteiger charge is -2.20. The Morgan fingerprint density at radius 3 is 2.64 bits per heavy atom. The lowest BCUT2D eigenvalue weighted by Crippen LogP contribution is -2.34. The van der Waals surface area contributed by atoms with Crippen LogP contribution in [0.5, 0.6) is 5.75 Å². The van der Waals surface area contributed by atoms with E-state index in [1.54, 1.807) is 0 Å². The second-order valence-electron chi connectivity index (χ2n) is 6.60. The van der Waals surface area contributed by atoms with Crippen LogP contribution < -0.4 is 4.74 Å². The lowest BCUT2D eigenvalue weighted by molar-refractivity contribution is 0.0754. The summed E-state index contributed by atoms with van der Waals surface area (Å²) in [6, 6.07) is 20.2. The molecule has 0 unspecified atom stereocenters. The average Bonchev–Trinajstić information content (AvgIpc) is 3.11. The first kappa shape index (κ1) is 17.5. The maximum absolute atomic E-state index is 10.3. The number of rotatable bonds is 7. The van der Waals surface area contributed by atoms with E-state index in [0.717, 1.165) is 30.8 Å². The summed E-state index contributed by atoms with van der Waals surface area (Å²) in [6.45, 7) is 2.92. The van der Waals surface area contributed by atoms with Crippen molar-refractivity contribution < 1.29 is 9.84 Å². The fraction of sp³-hybridized carbons (Fsp3) is 0.381. The number of aliphatic hydroxyl groups excluding tert-OH is 1. The summed E-state index contributed by atoms with van der Waals surface area (Å²) in [6.07, 6.45) is 1.03. The molecular formula is C21H24N2O2. The van der Waals surface area contributed by atoms with E-state index in [9.17, 15) is 5.11 Å². The molecule has 1 aliphatic rings. The van der Waals surface area contributed by atoms with Crippen molar-refractivity contribution >= 4 is 0 Å². The molecule has 4 heteroatoms. The standard InChI is InChI=1S/C21H24N2O2/c22-12-10-17-6-8-21(9-7-17)25-16-20(24)15-23-13-11-19(14-23)18-4-2-1-3-5-18/h1-9,19-20,24H,10-11,13-16H2/t19-,20+/m0/s1. The first-order valence-corrected chi connectivity index (χ1v) is 8.78. The zero-order valence-electron chi connectivity index (χ0n) is 14.3. The Morgan fingerprint density at radius 2 is 1.92 bits per heavy atom. The Labute approximate surface area is 149 Å². The number of aliphatic hydroxyl groups is 1. The van der Waals surface area contributed by atoms with Gasteiger partial charge in [0.1, 0.15) is 18.5 Å². The summed E-state index contributed by atoms with van der Waals surface area (Å²) in [5, 5.41) is 18.9. The summed E-state index contributed by atoms with van der Waals surface area (Å²) >= 11 is 0. The van der Waals surface area contributed by atoms with Gasteiger partial charge in [0.2, 0.25) is 0 Å². The highest BCUT2D eigenvalue weighted by Gasteiger charge is 2.25. The summed E-state index contributed by atoms with van der Waals surface area (Å²) in [7, 11) is 0. The van der Waals surface area contributed by atoms with Crippen LogP contribution in [0.15, 0.2) is 54.6 Å². The van der Waals surface area contributed by atoms with E-state index in [4.69, 9.17) is 10.00 Å². The fourth-order valence-electron chi connectivity index (χ4n) is 3.33. The minimum absolute atomic E-state index is 0.282. The topological polar surface area (TPSA) is 56.5 Å². The third-order valence-corrected chi connectivity index (χ3v) is 4.66. The summed E-state index contributed by atoms with van der Waals surface area (Å²) in [4.78, 5) is 2.31. The molecule has 1 N–H and O–H groups in total. The van der Waals surface area contributed by atoms with Gasteiger partial charge in [0.25, 0.3) is 0 Å². The fourth-order valence-corrected chi connectivity index (χ4v) is 3.33. The molecule has 0 radical (unpaired) electrons. The normalized spacial score (nSPS) is 18.6. The number of likely N-dealkylation sites (tertiary alicyclic amines) is 1. The van der Waals surface area contributed by atoms with Crippen LogP contribution in [0.4, 0.5) is 0 Å². The second kappa shape index (κ2) is 8.66. The molecule has 4 nitrogen and oxygen atoms in total. The molecule has 0 amide bonds. The monoisotopic (exact) mass is 336 g/mol. The van der Waals surface area contributed by atoms with Gasteiger partial charge in [-0.3, -0.25) is 0 Å². The molecule has 0 bridgehead atoms. The highest BCUT2D eigenvalue weighted by atomic mass is 16.5. The van der Waals surface area contributed by atoms with Gasteiger partial charge in [-0.15, -0.1) is 0 Å². The van der Waals surface area contributed by atoms with Crippen molar-refractivity contribution in [2.45, 2.75) is 24.9 Å². The van der Waals surface area contributed by atoms with E-state index in [2.05, 4.69) is 35.2 Å². The Morgan fingerprint density at radius 1 is 1.16 bits per heavy atom. The minimum Gasteiger partial charge on any atom is -0.491 e. The number of benzene rings is 2. The van der Waals surface area contributed by atoms with Crippen LogP contribution >= 0.6 is 0 Å². The van der Waals surface area contributed by atoms with Gasteiger partial charge in [-0.1, -0.05) is 42.5 Å². The van der Waals surface area contributed by atoms with Crippen molar-refractivity contribution in [2.24, 2.45) is 0 Å². The van der Waals surface area contributed by atoms with E-state index in [-0.39, 0.29) is 6.61 Å². The smallest absolute Gasteiger partial charge is 0.119 e. The van der Waals surface area contributed by atoms with Crippen LogP contribution in [0.2, 0.25) is 0 Å². The van der Waals surface area contributed by atoms with Gasteiger partial charge in [-0.05, 0) is 42.1 Å². The van der Waals surface area contributed by atoms with E-state index in [1.165, 1.54) is 5.56 Å². The van der Waals surface area contributed by atoms with Gasteiger partial charge in [-0.25, -0.2) is 0 Å². The number of ether oxygens (including phenoxy) is 1. The van der Waals surface area contributed by atoms with Gasteiger partial charge in [0, 0.05) is 13.1 Å². The first-order valence-electron chi connectivity index (χ1n) is 8.78. The summed E-state index contributed by atoms with van der Waals surface area (Å²) < 4.78 is 5.66. The van der Waals surface area contributed by atoms with Gasteiger partial charge in [0.05, 0.1) is 12.5 Å². The van der Waals surface area contributed by atoms with Gasteiger partial charge >= 0.3 is 0 Å². The van der Waals surface area contributed by atoms with Gasteiger partial charge in [-0.2, -0.15) is 5.26 Å². The van der Waals surface area contributed by atoms with Crippen LogP contribution in [0.1, 0.15) is 23.5 Å². The Kier molecular flexibility index (Phi) is 6.05.